The first-order valence-corrected chi connectivity index (χ1v) is 12.5. The Kier molecular flexibility index (Phi) is 7.86. The molecule has 1 atom stereocenters. The highest BCUT2D eigenvalue weighted by molar-refractivity contribution is 5.99. The van der Waals surface area contributed by atoms with Crippen LogP contribution in [0.5, 0.6) is 0 Å². The van der Waals surface area contributed by atoms with E-state index in [1.54, 1.807) is 18.9 Å². The molecule has 186 valence electrons. The van der Waals surface area contributed by atoms with Gasteiger partial charge >= 0.3 is 0 Å². The number of nitrogens with one attached hydrogen (secondary N) is 1. The Hall–Kier alpha value is -3.19. The summed E-state index contributed by atoms with van der Waals surface area (Å²) in [6.45, 7) is 5.33. The summed E-state index contributed by atoms with van der Waals surface area (Å²) in [6.07, 6.45) is 2.84. The van der Waals surface area contributed by atoms with Crippen molar-refractivity contribution in [2.75, 3.05) is 44.7 Å². The number of benzene rings is 2. The van der Waals surface area contributed by atoms with Crippen LogP contribution in [0, 0.1) is 5.92 Å². The van der Waals surface area contributed by atoms with E-state index in [4.69, 9.17) is 0 Å². The van der Waals surface area contributed by atoms with Gasteiger partial charge in [0.25, 0.3) is 0 Å². The summed E-state index contributed by atoms with van der Waals surface area (Å²) in [6, 6.07) is 20.0. The van der Waals surface area contributed by atoms with Crippen LogP contribution in [-0.4, -0.2) is 67.3 Å². The molecular weight excluding hydrogens is 440 g/mol. The number of rotatable bonds is 8. The number of carbonyl (C=O) groups is 3. The van der Waals surface area contributed by atoms with Crippen molar-refractivity contribution in [3.05, 3.63) is 66.2 Å². The highest BCUT2D eigenvalue weighted by atomic mass is 16.2. The molecule has 0 saturated carbocycles. The smallest absolute Gasteiger partial charge is 0.232 e. The van der Waals surface area contributed by atoms with Gasteiger partial charge in [0.15, 0.2) is 0 Å². The lowest BCUT2D eigenvalue weighted by molar-refractivity contribution is -0.127. The predicted octanol–water partition coefficient (Wildman–Crippen LogP) is 3.02. The SMILES string of the molecule is CC(=O)NC1(c2ccccc2)CCN(CCCN(C(=O)C2CC(=O)N(C)C2)c2ccccc2)CC1. The maximum absolute atomic E-state index is 13.4. The van der Waals surface area contributed by atoms with Gasteiger partial charge in [-0.25, -0.2) is 0 Å². The number of anilines is 1. The Bertz CT molecular complexity index is 1020. The number of likely N-dealkylation sites (tertiary alicyclic amines) is 2. The summed E-state index contributed by atoms with van der Waals surface area (Å²) < 4.78 is 0. The van der Waals surface area contributed by atoms with Gasteiger partial charge in [-0.15, -0.1) is 0 Å². The third-order valence-corrected chi connectivity index (χ3v) is 7.33. The quantitative estimate of drug-likeness (QED) is 0.636. The molecule has 0 bridgehead atoms. The van der Waals surface area contributed by atoms with Crippen molar-refractivity contribution >= 4 is 23.4 Å². The van der Waals surface area contributed by atoms with Crippen LogP contribution in [0.4, 0.5) is 5.69 Å². The van der Waals surface area contributed by atoms with Crippen LogP contribution in [0.25, 0.3) is 0 Å². The molecular formula is C28H36N4O3. The zero-order valence-electron chi connectivity index (χ0n) is 20.8. The molecule has 2 saturated heterocycles. The van der Waals surface area contributed by atoms with E-state index in [9.17, 15) is 14.4 Å². The van der Waals surface area contributed by atoms with Gasteiger partial charge in [-0.05, 0) is 43.5 Å². The Morgan fingerprint density at radius 2 is 1.66 bits per heavy atom. The molecule has 2 fully saturated rings. The van der Waals surface area contributed by atoms with Gasteiger partial charge in [0.05, 0.1) is 11.5 Å². The lowest BCUT2D eigenvalue weighted by Gasteiger charge is -2.43. The van der Waals surface area contributed by atoms with Gasteiger partial charge in [-0.1, -0.05) is 48.5 Å². The summed E-state index contributed by atoms with van der Waals surface area (Å²) in [5.41, 5.74) is 1.72. The lowest BCUT2D eigenvalue weighted by Crippen LogP contribution is -2.52. The second kappa shape index (κ2) is 11.0. The van der Waals surface area contributed by atoms with Crippen LogP contribution < -0.4 is 10.2 Å². The summed E-state index contributed by atoms with van der Waals surface area (Å²) in [7, 11) is 1.76. The van der Waals surface area contributed by atoms with Gasteiger partial charge in [0.2, 0.25) is 17.7 Å². The summed E-state index contributed by atoms with van der Waals surface area (Å²) in [5, 5.41) is 3.23. The van der Waals surface area contributed by atoms with E-state index in [-0.39, 0.29) is 35.6 Å². The molecule has 7 heteroatoms. The average Bonchev–Trinajstić information content (AvgIpc) is 3.21. The second-order valence-corrected chi connectivity index (χ2v) is 9.83. The van der Waals surface area contributed by atoms with Crippen molar-refractivity contribution in [3.63, 3.8) is 0 Å². The van der Waals surface area contributed by atoms with Gasteiger partial charge in [-0.2, -0.15) is 0 Å². The van der Waals surface area contributed by atoms with E-state index in [2.05, 4.69) is 22.3 Å². The Labute approximate surface area is 208 Å². The normalized spacial score (nSPS) is 20.0. The molecule has 2 aliphatic heterocycles. The van der Waals surface area contributed by atoms with Crippen LogP contribution in [0.1, 0.15) is 38.2 Å². The maximum Gasteiger partial charge on any atom is 0.232 e. The molecule has 1 N–H and O–H groups in total. The van der Waals surface area contributed by atoms with Gasteiger partial charge in [0, 0.05) is 52.3 Å². The molecule has 2 aromatic rings. The first-order valence-electron chi connectivity index (χ1n) is 12.5. The maximum atomic E-state index is 13.4. The van der Waals surface area contributed by atoms with Gasteiger partial charge in [-0.3, -0.25) is 14.4 Å². The van der Waals surface area contributed by atoms with Crippen molar-refractivity contribution in [1.29, 1.82) is 0 Å². The van der Waals surface area contributed by atoms with Crippen molar-refractivity contribution < 1.29 is 14.4 Å². The molecule has 3 amide bonds. The number of hydrogen-bond acceptors (Lipinski definition) is 4. The van der Waals surface area contributed by atoms with E-state index in [0.29, 0.717) is 13.1 Å². The zero-order chi connectivity index (χ0) is 24.8. The minimum absolute atomic E-state index is 0.00430. The first kappa shape index (κ1) is 24.9. The Morgan fingerprint density at radius 1 is 1.03 bits per heavy atom. The molecule has 0 aromatic heterocycles. The molecule has 2 aliphatic rings. The van der Waals surface area contributed by atoms with Crippen LogP contribution in [-0.2, 0) is 19.9 Å². The van der Waals surface area contributed by atoms with Crippen LogP contribution in [0.15, 0.2) is 60.7 Å². The third kappa shape index (κ3) is 5.90. The van der Waals surface area contributed by atoms with Crippen LogP contribution >= 0.6 is 0 Å². The number of carbonyl (C=O) groups excluding carboxylic acids is 3. The van der Waals surface area contributed by atoms with Crippen LogP contribution in [0.2, 0.25) is 0 Å². The molecule has 0 spiro atoms. The van der Waals surface area contributed by atoms with Gasteiger partial charge in [0.1, 0.15) is 0 Å². The molecule has 2 heterocycles. The van der Waals surface area contributed by atoms with E-state index < -0.39 is 0 Å². The summed E-state index contributed by atoms with van der Waals surface area (Å²) in [4.78, 5) is 43.3. The van der Waals surface area contributed by atoms with E-state index in [1.165, 1.54) is 0 Å². The monoisotopic (exact) mass is 476 g/mol. The fourth-order valence-electron chi connectivity index (χ4n) is 5.41. The number of para-hydroxylation sites is 1. The highest BCUT2D eigenvalue weighted by Crippen LogP contribution is 2.33. The molecule has 2 aromatic carbocycles. The molecule has 7 nitrogen and oxygen atoms in total. The van der Waals surface area contributed by atoms with E-state index in [0.717, 1.165) is 50.1 Å². The standard InChI is InChI=1S/C28H36N4O3/c1-22(33)29-28(24-10-5-3-6-11-24)14-18-31(19-15-28)16-9-17-32(25-12-7-4-8-13-25)27(35)23-20-26(34)30(2)21-23/h3-8,10-13,23H,9,14-21H2,1-2H3,(H,29,33). The largest absolute Gasteiger partial charge is 0.347 e. The molecule has 1 unspecified atom stereocenters. The number of hydrogen-bond donors (Lipinski definition) is 1. The minimum atomic E-state index is -0.323. The fraction of sp³-hybridized carbons (Fsp3) is 0.464. The number of amides is 3. The van der Waals surface area contributed by atoms with E-state index in [1.807, 2.05) is 53.4 Å². The average molecular weight is 477 g/mol. The fourth-order valence-corrected chi connectivity index (χ4v) is 5.41. The van der Waals surface area contributed by atoms with Crippen molar-refractivity contribution in [2.24, 2.45) is 5.92 Å². The highest BCUT2D eigenvalue weighted by Gasteiger charge is 2.37. The zero-order valence-corrected chi connectivity index (χ0v) is 20.8. The first-order chi connectivity index (χ1) is 16.9. The van der Waals surface area contributed by atoms with Gasteiger partial charge < -0.3 is 20.0 Å². The Balaban J connectivity index is 1.36. The lowest BCUT2D eigenvalue weighted by atomic mass is 9.80. The molecule has 0 aliphatic carbocycles. The molecule has 0 radical (unpaired) electrons. The van der Waals surface area contributed by atoms with Crippen molar-refractivity contribution in [3.8, 4) is 0 Å². The Morgan fingerprint density at radius 3 is 2.23 bits per heavy atom. The van der Waals surface area contributed by atoms with Crippen LogP contribution in [0.3, 0.4) is 0 Å². The third-order valence-electron chi connectivity index (χ3n) is 7.33. The predicted molar refractivity (Wildman–Crippen MR) is 137 cm³/mol. The summed E-state index contributed by atoms with van der Waals surface area (Å²) in [5.74, 6) is -0.228. The molecule has 35 heavy (non-hydrogen) atoms. The number of nitrogens with zero attached hydrogens (tertiary/aromatic N) is 3. The second-order valence-electron chi connectivity index (χ2n) is 9.83. The minimum Gasteiger partial charge on any atom is -0.347 e. The van der Waals surface area contributed by atoms with Crippen molar-refractivity contribution in [1.82, 2.24) is 15.1 Å². The van der Waals surface area contributed by atoms with E-state index >= 15 is 0 Å². The molecule has 4 rings (SSSR count). The summed E-state index contributed by atoms with van der Waals surface area (Å²) >= 11 is 0. The topological polar surface area (TPSA) is 73.0 Å². The van der Waals surface area contributed by atoms with Crippen molar-refractivity contribution in [2.45, 2.75) is 38.1 Å². The number of piperidine rings is 1.